The minimum absolute atomic E-state index is 0.393. The number of hydrogen-bond donors (Lipinski definition) is 1. The molecule has 6 nitrogen and oxygen atoms in total. The summed E-state index contributed by atoms with van der Waals surface area (Å²) in [6.45, 7) is 4.96. The van der Waals surface area contributed by atoms with Crippen molar-refractivity contribution in [2.75, 3.05) is 0 Å². The third-order valence-electron chi connectivity index (χ3n) is 2.92. The lowest BCUT2D eigenvalue weighted by atomic mass is 10.1. The molecule has 0 aliphatic carbocycles. The maximum Gasteiger partial charge on any atom is 0.164 e. The number of oxime groups is 1. The van der Waals surface area contributed by atoms with Crippen LogP contribution < -0.4 is 4.74 Å². The van der Waals surface area contributed by atoms with Gasteiger partial charge in [0.15, 0.2) is 5.82 Å². The van der Waals surface area contributed by atoms with E-state index in [1.165, 1.54) is 6.33 Å². The van der Waals surface area contributed by atoms with Gasteiger partial charge >= 0.3 is 0 Å². The predicted octanol–water partition coefficient (Wildman–Crippen LogP) is 2.27. The molecular formula is C14H18N4O2. The highest BCUT2D eigenvalue weighted by Gasteiger charge is 2.04. The molecule has 0 atom stereocenters. The Morgan fingerprint density at radius 3 is 2.75 bits per heavy atom. The number of benzene rings is 1. The Morgan fingerprint density at radius 2 is 2.10 bits per heavy atom. The molecule has 1 aromatic carbocycles. The lowest BCUT2D eigenvalue weighted by molar-refractivity contribution is 0.287. The zero-order valence-electron chi connectivity index (χ0n) is 11.7. The Balaban J connectivity index is 1.94. The average Bonchev–Trinajstić information content (AvgIpc) is 2.94. The molecule has 6 heteroatoms. The van der Waals surface area contributed by atoms with E-state index < -0.39 is 0 Å². The number of aromatic nitrogens is 3. The van der Waals surface area contributed by atoms with E-state index in [4.69, 9.17) is 9.94 Å². The molecular weight excluding hydrogens is 256 g/mol. The van der Waals surface area contributed by atoms with Crippen molar-refractivity contribution in [1.82, 2.24) is 14.8 Å². The van der Waals surface area contributed by atoms with Crippen LogP contribution in [0.25, 0.3) is 0 Å². The van der Waals surface area contributed by atoms with Gasteiger partial charge in [0.2, 0.25) is 0 Å². The van der Waals surface area contributed by atoms with Gasteiger partial charge in [0.05, 0.1) is 5.71 Å². The van der Waals surface area contributed by atoms with Gasteiger partial charge in [0, 0.05) is 13.0 Å². The minimum atomic E-state index is 0.393. The number of hydrogen-bond acceptors (Lipinski definition) is 5. The zero-order chi connectivity index (χ0) is 14.4. The van der Waals surface area contributed by atoms with Crippen LogP contribution in [-0.2, 0) is 19.6 Å². The van der Waals surface area contributed by atoms with Crippen LogP contribution in [-0.4, -0.2) is 25.7 Å². The van der Waals surface area contributed by atoms with Crippen molar-refractivity contribution in [2.45, 2.75) is 33.4 Å². The van der Waals surface area contributed by atoms with Gasteiger partial charge in [-0.15, -0.1) is 0 Å². The quantitative estimate of drug-likeness (QED) is 0.498. The molecule has 0 aliphatic heterocycles. The molecule has 2 aromatic rings. The van der Waals surface area contributed by atoms with Crippen molar-refractivity contribution in [3.63, 3.8) is 0 Å². The van der Waals surface area contributed by atoms with Gasteiger partial charge in [-0.1, -0.05) is 17.3 Å². The highest BCUT2D eigenvalue weighted by Crippen LogP contribution is 2.14. The van der Waals surface area contributed by atoms with Crippen molar-refractivity contribution >= 4 is 5.71 Å². The molecule has 0 amide bonds. The van der Waals surface area contributed by atoms with E-state index in [0.29, 0.717) is 18.7 Å². The second-order valence-electron chi connectivity index (χ2n) is 4.44. The molecule has 2 rings (SSSR count). The van der Waals surface area contributed by atoms with E-state index in [9.17, 15) is 0 Å². The van der Waals surface area contributed by atoms with Crippen LogP contribution in [0.15, 0.2) is 35.7 Å². The maximum absolute atomic E-state index is 8.64. The average molecular weight is 274 g/mol. The van der Waals surface area contributed by atoms with Gasteiger partial charge in [0.25, 0.3) is 0 Å². The molecule has 1 aromatic heterocycles. The van der Waals surface area contributed by atoms with Crippen LogP contribution in [0.3, 0.4) is 0 Å². The van der Waals surface area contributed by atoms with Gasteiger partial charge in [-0.3, -0.25) is 0 Å². The second-order valence-corrected chi connectivity index (χ2v) is 4.44. The van der Waals surface area contributed by atoms with Crippen molar-refractivity contribution in [3.8, 4) is 5.75 Å². The first-order valence-electron chi connectivity index (χ1n) is 6.49. The standard InChI is InChI=1S/C14H18N4O2/c1-3-18-14(15-10-16-18)9-20-13-6-4-12(5-7-13)8-11(2)17-19/h4-7,10,19H,3,8-9H2,1-2H3/b17-11+. The van der Waals surface area contributed by atoms with Crippen molar-refractivity contribution in [1.29, 1.82) is 0 Å². The first kappa shape index (κ1) is 14.0. The zero-order valence-corrected chi connectivity index (χ0v) is 11.7. The largest absolute Gasteiger partial charge is 0.486 e. The summed E-state index contributed by atoms with van der Waals surface area (Å²) in [6.07, 6.45) is 2.16. The molecule has 0 saturated heterocycles. The summed E-state index contributed by atoms with van der Waals surface area (Å²) < 4.78 is 7.48. The van der Waals surface area contributed by atoms with Crippen LogP contribution in [0.1, 0.15) is 25.2 Å². The van der Waals surface area contributed by atoms with Gasteiger partial charge < -0.3 is 9.94 Å². The normalized spacial score (nSPS) is 11.6. The Hall–Kier alpha value is -2.37. The van der Waals surface area contributed by atoms with Gasteiger partial charge in [-0.25, -0.2) is 9.67 Å². The van der Waals surface area contributed by atoms with Gasteiger partial charge in [-0.2, -0.15) is 5.10 Å². The molecule has 0 fully saturated rings. The van der Waals surface area contributed by atoms with Crippen LogP contribution in [0.5, 0.6) is 5.75 Å². The smallest absolute Gasteiger partial charge is 0.164 e. The lowest BCUT2D eigenvalue weighted by Gasteiger charge is -2.07. The summed E-state index contributed by atoms with van der Waals surface area (Å²) in [6, 6.07) is 7.70. The molecule has 0 radical (unpaired) electrons. The molecule has 0 bridgehead atoms. The van der Waals surface area contributed by atoms with E-state index in [2.05, 4.69) is 15.2 Å². The number of aryl methyl sites for hydroxylation is 1. The molecule has 0 unspecified atom stereocenters. The molecule has 106 valence electrons. The summed E-state index contributed by atoms with van der Waals surface area (Å²) in [7, 11) is 0. The van der Waals surface area contributed by atoms with E-state index >= 15 is 0 Å². The van der Waals surface area contributed by atoms with Crippen LogP contribution in [0.4, 0.5) is 0 Å². The molecule has 0 spiro atoms. The highest BCUT2D eigenvalue weighted by molar-refractivity contribution is 5.83. The fourth-order valence-electron chi connectivity index (χ4n) is 1.85. The topological polar surface area (TPSA) is 72.5 Å². The third kappa shape index (κ3) is 3.57. The molecule has 0 saturated carbocycles. The van der Waals surface area contributed by atoms with E-state index in [1.807, 2.05) is 31.2 Å². The Bertz CT molecular complexity index is 575. The minimum Gasteiger partial charge on any atom is -0.486 e. The van der Waals surface area contributed by atoms with Crippen molar-refractivity contribution in [3.05, 3.63) is 42.0 Å². The van der Waals surface area contributed by atoms with Crippen LogP contribution in [0, 0.1) is 0 Å². The predicted molar refractivity (Wildman–Crippen MR) is 75.1 cm³/mol. The summed E-state index contributed by atoms with van der Waals surface area (Å²) in [5.74, 6) is 1.58. The fourth-order valence-corrected chi connectivity index (χ4v) is 1.85. The summed E-state index contributed by atoms with van der Waals surface area (Å²) >= 11 is 0. The summed E-state index contributed by atoms with van der Waals surface area (Å²) in [5, 5.41) is 15.9. The first-order valence-corrected chi connectivity index (χ1v) is 6.49. The van der Waals surface area contributed by atoms with E-state index in [1.54, 1.807) is 11.6 Å². The van der Waals surface area contributed by atoms with Gasteiger partial charge in [-0.05, 0) is 31.5 Å². The maximum atomic E-state index is 8.64. The number of rotatable bonds is 6. The second kappa shape index (κ2) is 6.70. The van der Waals surface area contributed by atoms with E-state index in [0.717, 1.165) is 23.7 Å². The molecule has 1 N–H and O–H groups in total. The Morgan fingerprint density at radius 1 is 1.35 bits per heavy atom. The van der Waals surface area contributed by atoms with Crippen LogP contribution >= 0.6 is 0 Å². The monoisotopic (exact) mass is 274 g/mol. The molecule has 20 heavy (non-hydrogen) atoms. The Labute approximate surface area is 117 Å². The molecule has 0 aliphatic rings. The lowest BCUT2D eigenvalue weighted by Crippen LogP contribution is -2.07. The Kier molecular flexibility index (Phi) is 4.70. The first-order chi connectivity index (χ1) is 9.72. The summed E-state index contributed by atoms with van der Waals surface area (Å²) in [4.78, 5) is 4.15. The number of ether oxygens (including phenoxy) is 1. The number of nitrogens with zero attached hydrogens (tertiary/aromatic N) is 4. The van der Waals surface area contributed by atoms with Gasteiger partial charge in [0.1, 0.15) is 18.7 Å². The highest BCUT2D eigenvalue weighted by atomic mass is 16.5. The SMILES string of the molecule is CCn1ncnc1COc1ccc(C/C(C)=N/O)cc1. The summed E-state index contributed by atoms with van der Waals surface area (Å²) in [5.41, 5.74) is 1.75. The molecule has 1 heterocycles. The fraction of sp³-hybridized carbons (Fsp3) is 0.357. The van der Waals surface area contributed by atoms with E-state index in [-0.39, 0.29) is 0 Å². The van der Waals surface area contributed by atoms with Crippen molar-refractivity contribution in [2.24, 2.45) is 5.16 Å². The third-order valence-corrected chi connectivity index (χ3v) is 2.92. The van der Waals surface area contributed by atoms with Crippen LogP contribution in [0.2, 0.25) is 0 Å². The van der Waals surface area contributed by atoms with Crippen molar-refractivity contribution < 1.29 is 9.94 Å².